The van der Waals surface area contributed by atoms with Gasteiger partial charge in [-0.3, -0.25) is 0 Å². The number of carbonyl (C=O) groups excluding carboxylic acids is 3. The molecule has 1 aromatic carbocycles. The number of halogens is 1. The van der Waals surface area contributed by atoms with E-state index in [9.17, 15) is 14.4 Å². The largest absolute Gasteiger partial charge is 0.463 e. The molecule has 0 aromatic heterocycles. The SMILES string of the molecule is CCOC(=O)C(=Cc1ccccc1C1C(C(=O)OCC)=C(C)NC(CNC)=C1C(=O)OCC)CC.Cl. The van der Waals surface area contributed by atoms with Gasteiger partial charge in [0.05, 0.1) is 36.9 Å². The van der Waals surface area contributed by atoms with Crippen LogP contribution in [0.3, 0.4) is 0 Å². The number of dihydropyridines is 1. The lowest BCUT2D eigenvalue weighted by Crippen LogP contribution is -2.36. The minimum Gasteiger partial charge on any atom is -0.463 e. The molecule has 2 rings (SSSR count). The molecule has 0 saturated heterocycles. The van der Waals surface area contributed by atoms with Crippen molar-refractivity contribution in [3.05, 3.63) is 63.5 Å². The monoisotopic (exact) mass is 520 g/mol. The van der Waals surface area contributed by atoms with E-state index in [0.717, 1.165) is 0 Å². The molecule has 0 aliphatic carbocycles. The van der Waals surface area contributed by atoms with Crippen LogP contribution in [0.15, 0.2) is 52.4 Å². The Kier molecular flexibility index (Phi) is 13.0. The second-order valence-corrected chi connectivity index (χ2v) is 7.83. The van der Waals surface area contributed by atoms with Gasteiger partial charge in [-0.2, -0.15) is 0 Å². The standard InChI is InChI=1S/C27H36N2O6.ClH/c1-7-18(25(30)33-8-2)15-19-13-11-12-14-20(19)23-22(26(31)34-9-3)17(5)29-21(16-28-6)24(23)27(32)35-10-4;/h11-15,23,28-29H,7-10,16H2,1-6H3;1H. The Morgan fingerprint density at radius 2 is 1.53 bits per heavy atom. The van der Waals surface area contributed by atoms with Crippen molar-refractivity contribution in [1.29, 1.82) is 0 Å². The number of hydrogen-bond acceptors (Lipinski definition) is 8. The first-order chi connectivity index (χ1) is 16.8. The van der Waals surface area contributed by atoms with E-state index in [1.807, 2.05) is 31.2 Å². The van der Waals surface area contributed by atoms with Gasteiger partial charge >= 0.3 is 17.9 Å². The number of rotatable bonds is 11. The van der Waals surface area contributed by atoms with Gasteiger partial charge in [-0.15, -0.1) is 12.4 Å². The Morgan fingerprint density at radius 3 is 2.08 bits per heavy atom. The summed E-state index contributed by atoms with van der Waals surface area (Å²) in [6.07, 6.45) is 2.22. The van der Waals surface area contributed by atoms with E-state index in [1.54, 1.807) is 40.8 Å². The van der Waals surface area contributed by atoms with Crippen molar-refractivity contribution in [3.8, 4) is 0 Å². The van der Waals surface area contributed by atoms with E-state index in [1.165, 1.54) is 0 Å². The van der Waals surface area contributed by atoms with Crippen LogP contribution in [0.4, 0.5) is 0 Å². The third-order valence-electron chi connectivity index (χ3n) is 5.54. The van der Waals surface area contributed by atoms with Gasteiger partial charge in [0.15, 0.2) is 0 Å². The predicted octanol–water partition coefficient (Wildman–Crippen LogP) is 4.03. The van der Waals surface area contributed by atoms with E-state index in [2.05, 4.69) is 10.6 Å². The number of allylic oxidation sites excluding steroid dienone is 1. The first-order valence-electron chi connectivity index (χ1n) is 12.0. The first kappa shape index (κ1) is 30.9. The molecule has 0 saturated carbocycles. The Morgan fingerprint density at radius 1 is 0.944 bits per heavy atom. The highest BCUT2D eigenvalue weighted by Gasteiger charge is 2.39. The number of benzene rings is 1. The van der Waals surface area contributed by atoms with E-state index in [0.29, 0.717) is 52.2 Å². The molecule has 1 aliphatic heterocycles. The van der Waals surface area contributed by atoms with E-state index >= 15 is 0 Å². The third-order valence-corrected chi connectivity index (χ3v) is 5.54. The summed E-state index contributed by atoms with van der Waals surface area (Å²) in [4.78, 5) is 38.9. The van der Waals surface area contributed by atoms with Gasteiger partial charge in [-0.25, -0.2) is 14.4 Å². The smallest absolute Gasteiger partial charge is 0.336 e. The molecule has 1 aromatic rings. The lowest BCUT2D eigenvalue weighted by molar-refractivity contribution is -0.140. The van der Waals surface area contributed by atoms with Crippen molar-refractivity contribution in [1.82, 2.24) is 10.6 Å². The van der Waals surface area contributed by atoms with Crippen LogP contribution in [0.2, 0.25) is 0 Å². The van der Waals surface area contributed by atoms with E-state index in [4.69, 9.17) is 14.2 Å². The zero-order chi connectivity index (χ0) is 26.0. The number of ether oxygens (including phenoxy) is 3. The van der Waals surface area contributed by atoms with Crippen LogP contribution in [0.25, 0.3) is 6.08 Å². The minimum atomic E-state index is -0.759. The lowest BCUT2D eigenvalue weighted by atomic mass is 9.78. The minimum absolute atomic E-state index is 0. The zero-order valence-electron chi connectivity index (χ0n) is 21.9. The maximum Gasteiger partial charge on any atom is 0.336 e. The van der Waals surface area contributed by atoms with Crippen molar-refractivity contribution in [2.24, 2.45) is 0 Å². The summed E-state index contributed by atoms with van der Waals surface area (Å²) in [5.41, 5.74) is 3.72. The van der Waals surface area contributed by atoms with Crippen molar-refractivity contribution in [3.63, 3.8) is 0 Å². The zero-order valence-corrected chi connectivity index (χ0v) is 22.7. The van der Waals surface area contributed by atoms with Crippen LogP contribution < -0.4 is 10.6 Å². The molecule has 198 valence electrons. The van der Waals surface area contributed by atoms with Gasteiger partial charge < -0.3 is 24.8 Å². The summed E-state index contributed by atoms with van der Waals surface area (Å²) in [5, 5.41) is 6.28. The Hall–Kier alpha value is -3.10. The van der Waals surface area contributed by atoms with Gasteiger partial charge in [0.2, 0.25) is 0 Å². The fraction of sp³-hybridized carbons (Fsp3) is 0.444. The second kappa shape index (κ2) is 15.1. The van der Waals surface area contributed by atoms with Crippen molar-refractivity contribution >= 4 is 36.4 Å². The molecular weight excluding hydrogens is 484 g/mol. The summed E-state index contributed by atoms with van der Waals surface area (Å²) in [6.45, 7) is 9.88. The fourth-order valence-corrected chi connectivity index (χ4v) is 4.08. The molecule has 0 amide bonds. The molecule has 0 bridgehead atoms. The van der Waals surface area contributed by atoms with Gasteiger partial charge in [0, 0.05) is 23.5 Å². The molecular formula is C27H37ClN2O6. The van der Waals surface area contributed by atoms with Crippen LogP contribution in [0.5, 0.6) is 0 Å². The van der Waals surface area contributed by atoms with Crippen LogP contribution in [-0.2, 0) is 28.6 Å². The van der Waals surface area contributed by atoms with Crippen molar-refractivity contribution in [2.45, 2.75) is 47.0 Å². The summed E-state index contributed by atoms with van der Waals surface area (Å²) in [5.74, 6) is -2.20. The molecule has 1 heterocycles. The van der Waals surface area contributed by atoms with Crippen LogP contribution in [0, 0.1) is 0 Å². The summed E-state index contributed by atoms with van der Waals surface area (Å²) in [6, 6.07) is 7.38. The van der Waals surface area contributed by atoms with Crippen LogP contribution >= 0.6 is 12.4 Å². The average Bonchev–Trinajstić information content (AvgIpc) is 2.82. The number of likely N-dealkylation sites (N-methyl/N-ethyl adjacent to an activating group) is 1. The molecule has 1 unspecified atom stereocenters. The van der Waals surface area contributed by atoms with Gasteiger partial charge in [0.25, 0.3) is 0 Å². The number of esters is 3. The Bertz CT molecular complexity index is 1040. The molecule has 8 nitrogen and oxygen atoms in total. The highest BCUT2D eigenvalue weighted by atomic mass is 35.5. The summed E-state index contributed by atoms with van der Waals surface area (Å²) in [7, 11) is 1.77. The van der Waals surface area contributed by atoms with Gasteiger partial charge in [-0.1, -0.05) is 31.2 Å². The molecule has 9 heteroatoms. The van der Waals surface area contributed by atoms with Gasteiger partial charge in [0.1, 0.15) is 0 Å². The highest BCUT2D eigenvalue weighted by molar-refractivity contribution is 6.01. The molecule has 1 aliphatic rings. The fourth-order valence-electron chi connectivity index (χ4n) is 4.08. The Labute approximate surface area is 219 Å². The van der Waals surface area contributed by atoms with E-state index < -0.39 is 23.8 Å². The highest BCUT2D eigenvalue weighted by Crippen LogP contribution is 2.41. The number of hydrogen-bond donors (Lipinski definition) is 2. The average molecular weight is 521 g/mol. The molecule has 0 fully saturated rings. The van der Waals surface area contributed by atoms with Crippen molar-refractivity contribution < 1.29 is 28.6 Å². The predicted molar refractivity (Wildman–Crippen MR) is 141 cm³/mol. The first-order valence-corrected chi connectivity index (χ1v) is 12.0. The molecule has 0 radical (unpaired) electrons. The number of nitrogens with one attached hydrogen (secondary N) is 2. The second-order valence-electron chi connectivity index (χ2n) is 7.83. The maximum absolute atomic E-state index is 13.3. The summed E-state index contributed by atoms with van der Waals surface area (Å²) < 4.78 is 16.0. The van der Waals surface area contributed by atoms with Crippen molar-refractivity contribution in [2.75, 3.05) is 33.4 Å². The van der Waals surface area contributed by atoms with Gasteiger partial charge in [-0.05, 0) is 58.4 Å². The quantitative estimate of drug-likeness (QED) is 0.256. The van der Waals surface area contributed by atoms with Crippen LogP contribution in [0.1, 0.15) is 58.1 Å². The number of carbonyl (C=O) groups is 3. The molecule has 0 spiro atoms. The summed E-state index contributed by atoms with van der Waals surface area (Å²) >= 11 is 0. The molecule has 36 heavy (non-hydrogen) atoms. The lowest BCUT2D eigenvalue weighted by Gasteiger charge is -2.32. The molecule has 2 N–H and O–H groups in total. The van der Waals surface area contributed by atoms with E-state index in [-0.39, 0.29) is 32.2 Å². The topological polar surface area (TPSA) is 103 Å². The Balaban J connectivity index is 0.00000648. The maximum atomic E-state index is 13.3. The van der Waals surface area contributed by atoms with Crippen LogP contribution in [-0.4, -0.2) is 51.3 Å². The normalized spacial score (nSPS) is 15.6. The third kappa shape index (κ3) is 7.21. The molecule has 1 atom stereocenters.